The number of carbonyl (C=O) groups is 2. The maximum atomic E-state index is 12.5. The summed E-state index contributed by atoms with van der Waals surface area (Å²) in [5.74, 6) is 0.502. The summed E-state index contributed by atoms with van der Waals surface area (Å²) in [4.78, 5) is 29.3. The molecule has 1 aliphatic carbocycles. The van der Waals surface area contributed by atoms with Crippen LogP contribution in [-0.2, 0) is 11.2 Å². The largest absolute Gasteiger partial charge is 0.493 e. The van der Waals surface area contributed by atoms with Gasteiger partial charge in [-0.2, -0.15) is 0 Å². The first-order valence-corrected chi connectivity index (χ1v) is 10.9. The van der Waals surface area contributed by atoms with Crippen molar-refractivity contribution in [3.63, 3.8) is 0 Å². The highest BCUT2D eigenvalue weighted by atomic mass is 32.1. The van der Waals surface area contributed by atoms with Gasteiger partial charge in [-0.1, -0.05) is 18.2 Å². The number of carbonyl (C=O) groups excluding carboxylic acids is 2. The lowest BCUT2D eigenvalue weighted by atomic mass is 10.2. The van der Waals surface area contributed by atoms with Crippen molar-refractivity contribution in [2.75, 3.05) is 11.9 Å². The van der Waals surface area contributed by atoms with Crippen molar-refractivity contribution in [1.29, 1.82) is 0 Å². The fourth-order valence-corrected chi connectivity index (χ4v) is 3.89. The number of hydrogen-bond donors (Lipinski definition) is 2. The van der Waals surface area contributed by atoms with Gasteiger partial charge in [-0.05, 0) is 50.1 Å². The summed E-state index contributed by atoms with van der Waals surface area (Å²) in [6.45, 7) is 2.52. The second-order valence-electron chi connectivity index (χ2n) is 7.13. The zero-order valence-corrected chi connectivity index (χ0v) is 17.5. The number of rotatable bonds is 8. The van der Waals surface area contributed by atoms with Gasteiger partial charge in [-0.25, -0.2) is 4.98 Å². The summed E-state index contributed by atoms with van der Waals surface area (Å²) < 4.78 is 5.67. The van der Waals surface area contributed by atoms with Gasteiger partial charge in [-0.15, -0.1) is 11.3 Å². The lowest BCUT2D eigenvalue weighted by molar-refractivity contribution is -0.115. The van der Waals surface area contributed by atoms with Crippen molar-refractivity contribution in [1.82, 2.24) is 10.3 Å². The van der Waals surface area contributed by atoms with Crippen LogP contribution in [0.25, 0.3) is 10.6 Å². The lowest BCUT2D eigenvalue weighted by Crippen LogP contribution is -2.25. The molecule has 1 aromatic heterocycles. The van der Waals surface area contributed by atoms with Crippen molar-refractivity contribution in [3.05, 3.63) is 65.2 Å². The van der Waals surface area contributed by atoms with Gasteiger partial charge < -0.3 is 15.4 Å². The zero-order valence-electron chi connectivity index (χ0n) is 16.7. The summed E-state index contributed by atoms with van der Waals surface area (Å²) in [6, 6.07) is 15.0. The van der Waals surface area contributed by atoms with E-state index in [9.17, 15) is 9.59 Å². The molecule has 154 valence electrons. The molecule has 1 saturated carbocycles. The molecule has 1 fully saturated rings. The van der Waals surface area contributed by atoms with Crippen LogP contribution in [0.5, 0.6) is 5.75 Å². The van der Waals surface area contributed by atoms with Crippen molar-refractivity contribution in [2.45, 2.75) is 32.2 Å². The molecule has 2 N–H and O–H groups in total. The van der Waals surface area contributed by atoms with E-state index in [4.69, 9.17) is 4.74 Å². The number of benzene rings is 2. The second kappa shape index (κ2) is 9.09. The SMILES string of the molecule is CCOc1ccccc1-c1nc(CC(=O)Nc2cccc(C(=O)NC3CC3)c2)cs1. The average molecular weight is 422 g/mol. The molecule has 30 heavy (non-hydrogen) atoms. The van der Waals surface area contributed by atoms with Crippen LogP contribution in [0.4, 0.5) is 5.69 Å². The van der Waals surface area contributed by atoms with Crippen molar-refractivity contribution in [3.8, 4) is 16.3 Å². The molecule has 1 aliphatic rings. The molecule has 3 aromatic rings. The molecular formula is C23H23N3O3S. The topological polar surface area (TPSA) is 80.3 Å². The first-order valence-electron chi connectivity index (χ1n) is 9.99. The molecule has 0 radical (unpaired) electrons. The van der Waals surface area contributed by atoms with Crippen LogP contribution < -0.4 is 15.4 Å². The normalized spacial score (nSPS) is 13.0. The van der Waals surface area contributed by atoms with Crippen LogP contribution in [0.2, 0.25) is 0 Å². The molecule has 4 rings (SSSR count). The van der Waals surface area contributed by atoms with Gasteiger partial charge in [0.25, 0.3) is 5.91 Å². The molecule has 0 spiro atoms. The minimum absolute atomic E-state index is 0.106. The fourth-order valence-electron chi connectivity index (χ4n) is 3.04. The van der Waals surface area contributed by atoms with Gasteiger partial charge in [0.15, 0.2) is 0 Å². The standard InChI is InChI=1S/C23H23N3O3S/c1-2-29-20-9-4-3-8-19(20)23-26-18(14-30-23)13-21(27)24-17-7-5-6-15(12-17)22(28)25-16-10-11-16/h3-9,12,14,16H,2,10-11,13H2,1H3,(H,24,27)(H,25,28). The van der Waals surface area contributed by atoms with Gasteiger partial charge in [0.05, 0.1) is 24.3 Å². The predicted octanol–water partition coefficient (Wildman–Crippen LogP) is 4.28. The van der Waals surface area contributed by atoms with Crippen molar-refractivity contribution >= 4 is 28.8 Å². The van der Waals surface area contributed by atoms with Gasteiger partial charge in [-0.3, -0.25) is 9.59 Å². The Kier molecular flexibility index (Phi) is 6.09. The Morgan fingerprint density at radius 1 is 1.17 bits per heavy atom. The molecule has 7 heteroatoms. The Bertz CT molecular complexity index is 1060. The Morgan fingerprint density at radius 2 is 2.00 bits per heavy atom. The molecule has 6 nitrogen and oxygen atoms in total. The van der Waals surface area contributed by atoms with Gasteiger partial charge in [0.2, 0.25) is 5.91 Å². The van der Waals surface area contributed by atoms with Crippen LogP contribution in [0.3, 0.4) is 0 Å². The number of para-hydroxylation sites is 1. The number of amides is 2. The van der Waals surface area contributed by atoms with Gasteiger partial charge in [0.1, 0.15) is 10.8 Å². The van der Waals surface area contributed by atoms with E-state index in [1.807, 2.05) is 36.6 Å². The third-order valence-electron chi connectivity index (χ3n) is 4.63. The summed E-state index contributed by atoms with van der Waals surface area (Å²) in [5, 5.41) is 8.51. The predicted molar refractivity (Wildman–Crippen MR) is 118 cm³/mol. The number of nitrogens with one attached hydrogen (secondary N) is 2. The maximum Gasteiger partial charge on any atom is 0.251 e. The van der Waals surface area contributed by atoms with E-state index in [2.05, 4.69) is 15.6 Å². The van der Waals surface area contributed by atoms with E-state index in [-0.39, 0.29) is 18.2 Å². The lowest BCUT2D eigenvalue weighted by Gasteiger charge is -2.08. The highest BCUT2D eigenvalue weighted by molar-refractivity contribution is 7.13. The number of ether oxygens (including phenoxy) is 1. The number of anilines is 1. The number of thiazole rings is 1. The molecule has 0 atom stereocenters. The quantitative estimate of drug-likeness (QED) is 0.569. The van der Waals surface area contributed by atoms with E-state index >= 15 is 0 Å². The average Bonchev–Trinajstić information content (AvgIpc) is 3.44. The number of hydrogen-bond acceptors (Lipinski definition) is 5. The van der Waals surface area contributed by atoms with Crippen molar-refractivity contribution in [2.24, 2.45) is 0 Å². The first-order chi connectivity index (χ1) is 14.6. The molecule has 1 heterocycles. The van der Waals surface area contributed by atoms with E-state index in [1.165, 1.54) is 11.3 Å². The molecule has 0 aliphatic heterocycles. The Balaban J connectivity index is 1.40. The van der Waals surface area contributed by atoms with Crippen LogP contribution in [-0.4, -0.2) is 29.4 Å². The Hall–Kier alpha value is -3.19. The smallest absolute Gasteiger partial charge is 0.251 e. The maximum absolute atomic E-state index is 12.5. The fraction of sp³-hybridized carbons (Fsp3) is 0.261. The minimum atomic E-state index is -0.176. The summed E-state index contributed by atoms with van der Waals surface area (Å²) in [5.41, 5.74) is 2.76. The molecule has 0 unspecified atom stereocenters. The van der Waals surface area contributed by atoms with Gasteiger partial charge in [0, 0.05) is 22.7 Å². The van der Waals surface area contributed by atoms with Crippen LogP contribution in [0, 0.1) is 0 Å². The van der Waals surface area contributed by atoms with E-state index in [0.29, 0.717) is 29.6 Å². The molecule has 2 amide bonds. The first kappa shape index (κ1) is 20.1. The van der Waals surface area contributed by atoms with E-state index < -0.39 is 0 Å². The van der Waals surface area contributed by atoms with Crippen molar-refractivity contribution < 1.29 is 14.3 Å². The second-order valence-corrected chi connectivity index (χ2v) is 7.98. The van der Waals surface area contributed by atoms with Gasteiger partial charge >= 0.3 is 0 Å². The molecule has 2 aromatic carbocycles. The molecule has 0 saturated heterocycles. The summed E-state index contributed by atoms with van der Waals surface area (Å²) in [6.07, 6.45) is 2.23. The van der Waals surface area contributed by atoms with Crippen LogP contribution >= 0.6 is 11.3 Å². The van der Waals surface area contributed by atoms with E-state index in [1.54, 1.807) is 24.3 Å². The highest BCUT2D eigenvalue weighted by Crippen LogP contribution is 2.32. The summed E-state index contributed by atoms with van der Waals surface area (Å²) in [7, 11) is 0. The Labute approximate surface area is 179 Å². The zero-order chi connectivity index (χ0) is 20.9. The minimum Gasteiger partial charge on any atom is -0.493 e. The summed E-state index contributed by atoms with van der Waals surface area (Å²) >= 11 is 1.48. The third-order valence-corrected chi connectivity index (χ3v) is 5.56. The Morgan fingerprint density at radius 3 is 2.80 bits per heavy atom. The number of nitrogens with zero attached hydrogens (tertiary/aromatic N) is 1. The monoisotopic (exact) mass is 421 g/mol. The molecule has 0 bridgehead atoms. The van der Waals surface area contributed by atoms with Crippen LogP contribution in [0.1, 0.15) is 35.8 Å². The molecular weight excluding hydrogens is 398 g/mol. The number of aromatic nitrogens is 1. The highest BCUT2D eigenvalue weighted by Gasteiger charge is 2.23. The van der Waals surface area contributed by atoms with Crippen LogP contribution in [0.15, 0.2) is 53.9 Å². The third kappa shape index (κ3) is 5.04. The van der Waals surface area contributed by atoms with E-state index in [0.717, 1.165) is 29.2 Å².